The summed E-state index contributed by atoms with van der Waals surface area (Å²) in [5.74, 6) is 1.11. The molecule has 86 valence electrons. The van der Waals surface area contributed by atoms with Crippen LogP contribution in [-0.2, 0) is 11.2 Å². The summed E-state index contributed by atoms with van der Waals surface area (Å²) in [4.78, 5) is 11.9. The lowest BCUT2D eigenvalue weighted by molar-refractivity contribution is -0.119. The van der Waals surface area contributed by atoms with E-state index in [1.54, 1.807) is 0 Å². The first-order valence-corrected chi connectivity index (χ1v) is 6.23. The fourth-order valence-electron chi connectivity index (χ4n) is 2.29. The molecule has 0 saturated heterocycles. The van der Waals surface area contributed by atoms with E-state index in [9.17, 15) is 4.79 Å². The molecule has 0 atom stereocenters. The van der Waals surface area contributed by atoms with E-state index < -0.39 is 0 Å². The van der Waals surface area contributed by atoms with Crippen molar-refractivity contribution in [3.8, 4) is 0 Å². The van der Waals surface area contributed by atoms with Crippen molar-refractivity contribution in [3.05, 3.63) is 34.9 Å². The smallest absolute Gasteiger partial charge is 0.137 e. The Balaban J connectivity index is 1.96. The van der Waals surface area contributed by atoms with Gasteiger partial charge in [0.2, 0.25) is 0 Å². The molecular formula is C15H20O. The zero-order valence-corrected chi connectivity index (χ0v) is 10.3. The zero-order valence-electron chi connectivity index (χ0n) is 10.3. The molecule has 0 heterocycles. The molecule has 16 heavy (non-hydrogen) atoms. The SMILES string of the molecule is Cc1ccc(C)c(CC(=O)CC2CCC2)c1. The molecule has 0 bridgehead atoms. The highest BCUT2D eigenvalue weighted by molar-refractivity contribution is 5.81. The van der Waals surface area contributed by atoms with Gasteiger partial charge in [-0.25, -0.2) is 0 Å². The summed E-state index contributed by atoms with van der Waals surface area (Å²) in [6, 6.07) is 6.37. The molecule has 1 aliphatic carbocycles. The lowest BCUT2D eigenvalue weighted by Crippen LogP contribution is -2.17. The molecule has 1 saturated carbocycles. The van der Waals surface area contributed by atoms with Crippen molar-refractivity contribution in [3.63, 3.8) is 0 Å². The van der Waals surface area contributed by atoms with Crippen molar-refractivity contribution in [2.45, 2.75) is 46.0 Å². The largest absolute Gasteiger partial charge is 0.299 e. The van der Waals surface area contributed by atoms with Gasteiger partial charge in [-0.05, 0) is 30.9 Å². The second-order valence-electron chi connectivity index (χ2n) is 5.15. The Kier molecular flexibility index (Phi) is 3.42. The highest BCUT2D eigenvalue weighted by atomic mass is 16.1. The van der Waals surface area contributed by atoms with Gasteiger partial charge in [0.15, 0.2) is 0 Å². The van der Waals surface area contributed by atoms with Crippen LogP contribution in [-0.4, -0.2) is 5.78 Å². The Bertz CT molecular complexity index is 388. The third-order valence-electron chi connectivity index (χ3n) is 3.63. The lowest BCUT2D eigenvalue weighted by Gasteiger charge is -2.24. The number of hydrogen-bond acceptors (Lipinski definition) is 1. The molecule has 1 heteroatoms. The average molecular weight is 216 g/mol. The molecule has 1 aromatic carbocycles. The van der Waals surface area contributed by atoms with E-state index in [1.165, 1.54) is 36.0 Å². The zero-order chi connectivity index (χ0) is 11.5. The van der Waals surface area contributed by atoms with Gasteiger partial charge < -0.3 is 0 Å². The van der Waals surface area contributed by atoms with Gasteiger partial charge in [-0.1, -0.05) is 43.0 Å². The Morgan fingerprint density at radius 1 is 1.31 bits per heavy atom. The van der Waals surface area contributed by atoms with Crippen LogP contribution in [0.3, 0.4) is 0 Å². The molecule has 2 rings (SSSR count). The number of ketones is 1. The van der Waals surface area contributed by atoms with E-state index >= 15 is 0 Å². The first-order chi connectivity index (χ1) is 7.65. The van der Waals surface area contributed by atoms with Crippen LogP contribution in [0, 0.1) is 19.8 Å². The molecule has 0 unspecified atom stereocenters. The standard InChI is InChI=1S/C15H20O/c1-11-6-7-12(2)14(8-11)10-15(16)9-13-4-3-5-13/h6-8,13H,3-5,9-10H2,1-2H3. The van der Waals surface area contributed by atoms with Crippen molar-refractivity contribution in [2.75, 3.05) is 0 Å². The van der Waals surface area contributed by atoms with Crippen molar-refractivity contribution in [1.29, 1.82) is 0 Å². The van der Waals surface area contributed by atoms with Crippen molar-refractivity contribution >= 4 is 5.78 Å². The van der Waals surface area contributed by atoms with E-state index in [-0.39, 0.29) is 0 Å². The van der Waals surface area contributed by atoms with Crippen molar-refractivity contribution in [1.82, 2.24) is 0 Å². The average Bonchev–Trinajstić information content (AvgIpc) is 2.18. The Morgan fingerprint density at radius 2 is 2.06 bits per heavy atom. The molecule has 0 N–H and O–H groups in total. The predicted octanol–water partition coefficient (Wildman–Crippen LogP) is 3.61. The van der Waals surface area contributed by atoms with Crippen molar-refractivity contribution in [2.24, 2.45) is 5.92 Å². The first kappa shape index (κ1) is 11.4. The Hall–Kier alpha value is -1.11. The van der Waals surface area contributed by atoms with Gasteiger partial charge in [0.1, 0.15) is 5.78 Å². The second-order valence-corrected chi connectivity index (χ2v) is 5.15. The van der Waals surface area contributed by atoms with Gasteiger partial charge in [0.25, 0.3) is 0 Å². The van der Waals surface area contributed by atoms with Crippen LogP contribution in [0.25, 0.3) is 0 Å². The summed E-state index contributed by atoms with van der Waals surface area (Å²) in [6.07, 6.45) is 5.27. The Labute approximate surface area is 97.9 Å². The molecule has 0 aliphatic heterocycles. The van der Waals surface area contributed by atoms with E-state index in [0.29, 0.717) is 18.1 Å². The summed E-state index contributed by atoms with van der Waals surface area (Å²) < 4.78 is 0. The summed E-state index contributed by atoms with van der Waals surface area (Å²) in [6.45, 7) is 4.17. The molecule has 0 amide bonds. The van der Waals surface area contributed by atoms with Crippen LogP contribution < -0.4 is 0 Å². The van der Waals surface area contributed by atoms with E-state index in [4.69, 9.17) is 0 Å². The molecule has 1 fully saturated rings. The maximum absolute atomic E-state index is 11.9. The minimum atomic E-state index is 0.415. The first-order valence-electron chi connectivity index (χ1n) is 6.23. The normalized spacial score (nSPS) is 15.9. The van der Waals surface area contributed by atoms with Gasteiger partial charge in [0.05, 0.1) is 0 Å². The van der Waals surface area contributed by atoms with Crippen LogP contribution in [0.2, 0.25) is 0 Å². The van der Waals surface area contributed by atoms with Crippen LogP contribution in [0.5, 0.6) is 0 Å². The minimum Gasteiger partial charge on any atom is -0.299 e. The van der Waals surface area contributed by atoms with E-state index in [2.05, 4.69) is 32.0 Å². The van der Waals surface area contributed by atoms with Crippen LogP contribution in [0.4, 0.5) is 0 Å². The highest BCUT2D eigenvalue weighted by Gasteiger charge is 2.20. The molecule has 0 aromatic heterocycles. The fraction of sp³-hybridized carbons (Fsp3) is 0.533. The van der Waals surface area contributed by atoms with Gasteiger partial charge in [0, 0.05) is 12.8 Å². The summed E-state index contributed by atoms with van der Waals surface area (Å²) in [5.41, 5.74) is 3.70. The maximum Gasteiger partial charge on any atom is 0.137 e. The van der Waals surface area contributed by atoms with Crippen LogP contribution in [0.1, 0.15) is 42.4 Å². The van der Waals surface area contributed by atoms with Crippen LogP contribution >= 0.6 is 0 Å². The molecule has 1 aromatic rings. The molecule has 0 radical (unpaired) electrons. The fourth-order valence-corrected chi connectivity index (χ4v) is 2.29. The number of carbonyl (C=O) groups is 1. The van der Waals surface area contributed by atoms with Crippen LogP contribution in [0.15, 0.2) is 18.2 Å². The van der Waals surface area contributed by atoms with Crippen molar-refractivity contribution < 1.29 is 4.79 Å². The summed E-state index contributed by atoms with van der Waals surface area (Å²) >= 11 is 0. The quantitative estimate of drug-likeness (QED) is 0.751. The van der Waals surface area contributed by atoms with Gasteiger partial charge in [-0.3, -0.25) is 4.79 Å². The number of hydrogen-bond donors (Lipinski definition) is 0. The predicted molar refractivity (Wildman–Crippen MR) is 66.6 cm³/mol. The van der Waals surface area contributed by atoms with E-state index in [1.807, 2.05) is 0 Å². The van der Waals surface area contributed by atoms with E-state index in [0.717, 1.165) is 6.42 Å². The summed E-state index contributed by atoms with van der Waals surface area (Å²) in [5, 5.41) is 0. The number of Topliss-reactive ketones (excluding diaryl/α,β-unsaturated/α-hetero) is 1. The monoisotopic (exact) mass is 216 g/mol. The number of benzene rings is 1. The van der Waals surface area contributed by atoms with Gasteiger partial charge in [-0.2, -0.15) is 0 Å². The number of rotatable bonds is 4. The number of aryl methyl sites for hydroxylation is 2. The van der Waals surface area contributed by atoms with Gasteiger partial charge in [-0.15, -0.1) is 0 Å². The maximum atomic E-state index is 11.9. The number of carbonyl (C=O) groups excluding carboxylic acids is 1. The third kappa shape index (κ3) is 2.72. The van der Waals surface area contributed by atoms with Gasteiger partial charge >= 0.3 is 0 Å². The third-order valence-corrected chi connectivity index (χ3v) is 3.63. The molecule has 0 spiro atoms. The lowest BCUT2D eigenvalue weighted by atomic mass is 9.81. The molecule has 1 aliphatic rings. The minimum absolute atomic E-state index is 0.415. The summed E-state index contributed by atoms with van der Waals surface area (Å²) in [7, 11) is 0. The topological polar surface area (TPSA) is 17.1 Å². The highest BCUT2D eigenvalue weighted by Crippen LogP contribution is 2.30. The molecule has 1 nitrogen and oxygen atoms in total. The second kappa shape index (κ2) is 4.82. The molecular weight excluding hydrogens is 196 g/mol. The Morgan fingerprint density at radius 3 is 2.69 bits per heavy atom.